The smallest absolute Gasteiger partial charge is 0.255 e. The van der Waals surface area contributed by atoms with Crippen LogP contribution in [0.3, 0.4) is 0 Å². The maximum atomic E-state index is 12.2. The molecule has 0 N–H and O–H groups in total. The molecule has 0 aromatic carbocycles. The summed E-state index contributed by atoms with van der Waals surface area (Å²) in [6, 6.07) is 1.78. The third kappa shape index (κ3) is 3.66. The van der Waals surface area contributed by atoms with E-state index in [4.69, 9.17) is 11.6 Å². The summed E-state index contributed by atoms with van der Waals surface area (Å²) < 4.78 is 0. The highest BCUT2D eigenvalue weighted by Crippen LogP contribution is 2.11. The summed E-state index contributed by atoms with van der Waals surface area (Å²) in [5.74, 6) is -0.0487. The van der Waals surface area contributed by atoms with Crippen molar-refractivity contribution in [2.45, 2.75) is 32.6 Å². The fourth-order valence-electron chi connectivity index (χ4n) is 1.63. The third-order valence-electron chi connectivity index (χ3n) is 2.43. The van der Waals surface area contributed by atoms with Crippen molar-refractivity contribution in [2.24, 2.45) is 0 Å². The topological polar surface area (TPSA) is 46.1 Å². The lowest BCUT2D eigenvalue weighted by Gasteiger charge is -2.19. The second-order valence-corrected chi connectivity index (χ2v) is 4.91. The Balaban J connectivity index is 2.98. The fraction of sp³-hybridized carbons (Fsp3) is 0.583. The molecular weight excluding hydrogens is 238 g/mol. The van der Waals surface area contributed by atoms with Gasteiger partial charge in [-0.25, -0.2) is 0 Å². The number of hydrogen-bond donors (Lipinski definition) is 0. The Bertz CT molecular complexity index is 407. The van der Waals surface area contributed by atoms with Crippen molar-refractivity contribution >= 4 is 17.5 Å². The van der Waals surface area contributed by atoms with Crippen molar-refractivity contribution in [3.8, 4) is 0 Å². The zero-order valence-corrected chi connectivity index (χ0v) is 11.5. The van der Waals surface area contributed by atoms with Gasteiger partial charge in [-0.2, -0.15) is 10.2 Å². The van der Waals surface area contributed by atoms with Crippen LogP contribution < -0.4 is 0 Å². The number of halogens is 1. The van der Waals surface area contributed by atoms with Gasteiger partial charge in [-0.15, -0.1) is 11.6 Å². The second kappa shape index (κ2) is 5.96. The Morgan fingerprint density at radius 3 is 2.71 bits per heavy atom. The first-order chi connectivity index (χ1) is 7.95. The van der Waals surface area contributed by atoms with Gasteiger partial charge in [0.2, 0.25) is 0 Å². The number of carbonyl (C=O) groups is 1. The zero-order valence-electron chi connectivity index (χ0n) is 10.7. The van der Waals surface area contributed by atoms with Gasteiger partial charge in [0, 0.05) is 19.0 Å². The van der Waals surface area contributed by atoms with Crippen LogP contribution >= 0.6 is 11.6 Å². The molecule has 1 aromatic rings. The molecule has 1 heterocycles. The maximum Gasteiger partial charge on any atom is 0.255 e. The summed E-state index contributed by atoms with van der Waals surface area (Å²) in [5, 5.41) is 7.95. The van der Waals surface area contributed by atoms with E-state index in [1.807, 2.05) is 20.8 Å². The molecule has 4 nitrogen and oxygen atoms in total. The molecular formula is C12H18ClN3O. The average molecular weight is 256 g/mol. The lowest BCUT2D eigenvalue weighted by atomic mass is 10.1. The van der Waals surface area contributed by atoms with E-state index in [0.29, 0.717) is 18.5 Å². The molecule has 0 saturated carbocycles. The minimum Gasteiger partial charge on any atom is -0.340 e. The molecule has 0 aliphatic carbocycles. The number of aromatic nitrogens is 2. The Morgan fingerprint density at radius 1 is 1.53 bits per heavy atom. The van der Waals surface area contributed by atoms with Gasteiger partial charge in [0.1, 0.15) is 0 Å². The standard InChI is InChI=1S/C12H18ClN3O/c1-5-11-10(6-9(3)14-15-11)12(17)16(4)7-8(2)13/h6,8H,5,7H2,1-4H3. The summed E-state index contributed by atoms with van der Waals surface area (Å²) in [6.45, 7) is 6.17. The number of alkyl halides is 1. The van der Waals surface area contributed by atoms with Gasteiger partial charge in [-0.05, 0) is 26.3 Å². The molecule has 1 atom stereocenters. The quantitative estimate of drug-likeness (QED) is 0.774. The van der Waals surface area contributed by atoms with Gasteiger partial charge >= 0.3 is 0 Å². The Hall–Kier alpha value is -1.16. The highest BCUT2D eigenvalue weighted by molar-refractivity contribution is 6.20. The Labute approximate surface area is 107 Å². The predicted octanol–water partition coefficient (Wildman–Crippen LogP) is 2.05. The minimum absolute atomic E-state index is 0.0487. The lowest BCUT2D eigenvalue weighted by Crippen LogP contribution is -2.32. The van der Waals surface area contributed by atoms with E-state index in [1.165, 1.54) is 0 Å². The predicted molar refractivity (Wildman–Crippen MR) is 68.4 cm³/mol. The van der Waals surface area contributed by atoms with Crippen LogP contribution in [0.1, 0.15) is 35.6 Å². The van der Waals surface area contributed by atoms with Crippen LogP contribution in [0.4, 0.5) is 0 Å². The van der Waals surface area contributed by atoms with Gasteiger partial charge in [0.25, 0.3) is 5.91 Å². The number of rotatable bonds is 4. The van der Waals surface area contributed by atoms with Gasteiger partial charge in [-0.3, -0.25) is 4.79 Å². The Kier molecular flexibility index (Phi) is 4.87. The number of nitrogens with zero attached hydrogens (tertiary/aromatic N) is 3. The summed E-state index contributed by atoms with van der Waals surface area (Å²) in [5.41, 5.74) is 2.10. The molecule has 0 spiro atoms. The molecule has 1 rings (SSSR count). The third-order valence-corrected chi connectivity index (χ3v) is 2.57. The van der Waals surface area contributed by atoms with Crippen molar-refractivity contribution in [1.29, 1.82) is 0 Å². The molecule has 0 saturated heterocycles. The van der Waals surface area contributed by atoms with E-state index in [9.17, 15) is 4.79 Å². The summed E-state index contributed by atoms with van der Waals surface area (Å²) in [7, 11) is 1.75. The number of amides is 1. The summed E-state index contributed by atoms with van der Waals surface area (Å²) in [6.07, 6.45) is 0.693. The molecule has 94 valence electrons. The number of carbonyl (C=O) groups excluding carboxylic acids is 1. The summed E-state index contributed by atoms with van der Waals surface area (Å²) in [4.78, 5) is 13.8. The first-order valence-electron chi connectivity index (χ1n) is 5.68. The van der Waals surface area contributed by atoms with Crippen molar-refractivity contribution in [2.75, 3.05) is 13.6 Å². The minimum atomic E-state index is -0.0649. The van der Waals surface area contributed by atoms with Gasteiger partial charge < -0.3 is 4.90 Å². The molecule has 0 bridgehead atoms. The van der Waals surface area contributed by atoms with Crippen LogP contribution in [0.5, 0.6) is 0 Å². The largest absolute Gasteiger partial charge is 0.340 e. The van der Waals surface area contributed by atoms with Crippen molar-refractivity contribution in [3.63, 3.8) is 0 Å². The monoisotopic (exact) mass is 255 g/mol. The van der Waals surface area contributed by atoms with Crippen molar-refractivity contribution in [3.05, 3.63) is 23.0 Å². The molecule has 0 aliphatic rings. The maximum absolute atomic E-state index is 12.2. The summed E-state index contributed by atoms with van der Waals surface area (Å²) >= 11 is 5.89. The van der Waals surface area contributed by atoms with Crippen LogP contribution in [0.15, 0.2) is 6.07 Å². The van der Waals surface area contributed by atoms with E-state index in [1.54, 1.807) is 18.0 Å². The molecule has 1 amide bonds. The van der Waals surface area contributed by atoms with E-state index in [-0.39, 0.29) is 11.3 Å². The average Bonchev–Trinajstić information content (AvgIpc) is 2.27. The van der Waals surface area contributed by atoms with Crippen molar-refractivity contribution in [1.82, 2.24) is 15.1 Å². The SMILES string of the molecule is CCc1nnc(C)cc1C(=O)N(C)CC(C)Cl. The highest BCUT2D eigenvalue weighted by Gasteiger charge is 2.17. The van der Waals surface area contributed by atoms with Crippen LogP contribution in [0, 0.1) is 6.92 Å². The number of hydrogen-bond acceptors (Lipinski definition) is 3. The van der Waals surface area contributed by atoms with Crippen LogP contribution in [-0.4, -0.2) is 40.0 Å². The van der Waals surface area contributed by atoms with Crippen LogP contribution in [0.25, 0.3) is 0 Å². The normalized spacial score (nSPS) is 12.3. The lowest BCUT2D eigenvalue weighted by molar-refractivity contribution is 0.0794. The molecule has 0 fully saturated rings. The second-order valence-electron chi connectivity index (χ2n) is 4.17. The first kappa shape index (κ1) is 13.9. The molecule has 5 heteroatoms. The van der Waals surface area contributed by atoms with Crippen LogP contribution in [-0.2, 0) is 6.42 Å². The fourth-order valence-corrected chi connectivity index (χ4v) is 1.83. The molecule has 1 aromatic heterocycles. The van der Waals surface area contributed by atoms with Gasteiger partial charge in [0.15, 0.2) is 0 Å². The molecule has 17 heavy (non-hydrogen) atoms. The Morgan fingerprint density at radius 2 is 2.18 bits per heavy atom. The molecule has 0 aliphatic heterocycles. The van der Waals surface area contributed by atoms with E-state index in [0.717, 1.165) is 11.4 Å². The van der Waals surface area contributed by atoms with Gasteiger partial charge in [-0.1, -0.05) is 6.92 Å². The zero-order chi connectivity index (χ0) is 13.0. The molecule has 1 unspecified atom stereocenters. The van der Waals surface area contributed by atoms with Crippen molar-refractivity contribution < 1.29 is 4.79 Å². The van der Waals surface area contributed by atoms with E-state index in [2.05, 4.69) is 10.2 Å². The van der Waals surface area contributed by atoms with E-state index >= 15 is 0 Å². The molecule has 0 radical (unpaired) electrons. The van der Waals surface area contributed by atoms with Gasteiger partial charge in [0.05, 0.1) is 17.0 Å². The number of aryl methyl sites for hydroxylation is 2. The highest BCUT2D eigenvalue weighted by atomic mass is 35.5. The van der Waals surface area contributed by atoms with Crippen LogP contribution in [0.2, 0.25) is 0 Å². The van der Waals surface area contributed by atoms with E-state index < -0.39 is 0 Å². The first-order valence-corrected chi connectivity index (χ1v) is 6.12.